The molecule has 0 aromatic carbocycles. The standard InChI is InChI=1S/C17H28OS/c1-2-3-4-5-6-7-11-17(18)14-12-15-9-8-10-16(13-14)19-15/h2,14-16H,1,3-13H2. The maximum Gasteiger partial charge on any atom is 0.136 e. The van der Waals surface area contributed by atoms with Crippen LogP contribution in [0.4, 0.5) is 0 Å². The van der Waals surface area contributed by atoms with Gasteiger partial charge in [0, 0.05) is 22.8 Å². The van der Waals surface area contributed by atoms with Gasteiger partial charge in [0.1, 0.15) is 5.78 Å². The van der Waals surface area contributed by atoms with Gasteiger partial charge in [-0.3, -0.25) is 4.79 Å². The molecule has 2 bridgehead atoms. The number of hydrogen-bond acceptors (Lipinski definition) is 2. The van der Waals surface area contributed by atoms with E-state index in [1.807, 2.05) is 6.08 Å². The third kappa shape index (κ3) is 4.98. The second-order valence-corrected chi connectivity index (χ2v) is 7.79. The summed E-state index contributed by atoms with van der Waals surface area (Å²) in [5.41, 5.74) is 0. The Balaban J connectivity index is 1.61. The fourth-order valence-electron chi connectivity index (χ4n) is 3.47. The lowest BCUT2D eigenvalue weighted by Gasteiger charge is -2.38. The van der Waals surface area contributed by atoms with Gasteiger partial charge in [-0.15, -0.1) is 6.58 Å². The first-order chi connectivity index (χ1) is 9.29. The predicted molar refractivity (Wildman–Crippen MR) is 84.6 cm³/mol. The molecule has 2 unspecified atom stereocenters. The van der Waals surface area contributed by atoms with Gasteiger partial charge in [0.15, 0.2) is 0 Å². The molecule has 0 spiro atoms. The van der Waals surface area contributed by atoms with Crippen LogP contribution in [0.25, 0.3) is 0 Å². The van der Waals surface area contributed by atoms with Crippen molar-refractivity contribution in [1.29, 1.82) is 0 Å². The van der Waals surface area contributed by atoms with Crippen LogP contribution in [0.15, 0.2) is 12.7 Å². The molecule has 0 aromatic heterocycles. The Bertz CT molecular complexity index is 288. The Hall–Kier alpha value is -0.240. The van der Waals surface area contributed by atoms with Crippen molar-refractivity contribution in [3.63, 3.8) is 0 Å². The van der Waals surface area contributed by atoms with E-state index in [0.717, 1.165) is 29.8 Å². The molecule has 0 radical (unpaired) electrons. The summed E-state index contributed by atoms with van der Waals surface area (Å²) in [5, 5.41) is 1.60. The summed E-state index contributed by atoms with van der Waals surface area (Å²) in [6, 6.07) is 0. The van der Waals surface area contributed by atoms with Crippen molar-refractivity contribution in [3.8, 4) is 0 Å². The lowest BCUT2D eigenvalue weighted by Crippen LogP contribution is -2.32. The molecule has 0 N–H and O–H groups in total. The van der Waals surface area contributed by atoms with Gasteiger partial charge in [-0.2, -0.15) is 11.8 Å². The van der Waals surface area contributed by atoms with Gasteiger partial charge in [0.05, 0.1) is 0 Å². The van der Waals surface area contributed by atoms with Gasteiger partial charge in [-0.05, 0) is 44.9 Å². The average molecular weight is 280 g/mol. The molecule has 2 heteroatoms. The molecule has 0 saturated carbocycles. The molecular formula is C17H28OS. The monoisotopic (exact) mass is 280 g/mol. The highest BCUT2D eigenvalue weighted by molar-refractivity contribution is 8.00. The third-order valence-corrected chi connectivity index (χ3v) is 6.19. The maximum absolute atomic E-state index is 12.3. The minimum Gasteiger partial charge on any atom is -0.299 e. The lowest BCUT2D eigenvalue weighted by atomic mass is 9.85. The number of carbonyl (C=O) groups is 1. The predicted octanol–water partition coefficient (Wildman–Crippen LogP) is 5.15. The molecule has 0 amide bonds. The van der Waals surface area contributed by atoms with Gasteiger partial charge in [0.25, 0.3) is 0 Å². The van der Waals surface area contributed by atoms with Gasteiger partial charge in [0.2, 0.25) is 0 Å². The van der Waals surface area contributed by atoms with Crippen LogP contribution in [-0.4, -0.2) is 16.3 Å². The van der Waals surface area contributed by atoms with Crippen molar-refractivity contribution >= 4 is 17.5 Å². The normalized spacial score (nSPS) is 30.0. The molecule has 0 aliphatic carbocycles. The lowest BCUT2D eigenvalue weighted by molar-refractivity contribution is -0.123. The van der Waals surface area contributed by atoms with Crippen LogP contribution in [0.1, 0.15) is 70.6 Å². The largest absolute Gasteiger partial charge is 0.299 e. The van der Waals surface area contributed by atoms with E-state index in [1.54, 1.807) is 0 Å². The highest BCUT2D eigenvalue weighted by Gasteiger charge is 2.34. The van der Waals surface area contributed by atoms with Crippen LogP contribution in [0.5, 0.6) is 0 Å². The molecule has 2 fully saturated rings. The number of allylic oxidation sites excluding steroid dienone is 1. The van der Waals surface area contributed by atoms with Crippen LogP contribution in [-0.2, 0) is 4.79 Å². The molecule has 2 aliphatic heterocycles. The molecule has 2 heterocycles. The van der Waals surface area contributed by atoms with E-state index < -0.39 is 0 Å². The van der Waals surface area contributed by atoms with Crippen LogP contribution in [0, 0.1) is 5.92 Å². The highest BCUT2D eigenvalue weighted by atomic mass is 32.2. The van der Waals surface area contributed by atoms with Crippen molar-refractivity contribution in [2.24, 2.45) is 5.92 Å². The van der Waals surface area contributed by atoms with Crippen LogP contribution in [0.3, 0.4) is 0 Å². The maximum atomic E-state index is 12.3. The summed E-state index contributed by atoms with van der Waals surface area (Å²) in [5.74, 6) is 0.977. The van der Waals surface area contributed by atoms with E-state index in [2.05, 4.69) is 18.3 Å². The number of unbranched alkanes of at least 4 members (excludes halogenated alkanes) is 4. The topological polar surface area (TPSA) is 17.1 Å². The van der Waals surface area contributed by atoms with Crippen LogP contribution >= 0.6 is 11.8 Å². The summed E-state index contributed by atoms with van der Waals surface area (Å²) >= 11 is 2.17. The minimum atomic E-state index is 0.407. The van der Waals surface area contributed by atoms with E-state index in [1.165, 1.54) is 51.4 Å². The van der Waals surface area contributed by atoms with E-state index in [0.29, 0.717) is 11.7 Å². The molecule has 108 valence electrons. The SMILES string of the molecule is C=CCCCCCCC(=O)C1CC2CCCC(C1)S2. The zero-order valence-corrected chi connectivity index (χ0v) is 12.9. The Labute approximate surface area is 122 Å². The summed E-state index contributed by atoms with van der Waals surface area (Å²) in [7, 11) is 0. The number of rotatable bonds is 8. The zero-order chi connectivity index (χ0) is 13.5. The molecule has 0 aromatic rings. The average Bonchev–Trinajstić information content (AvgIpc) is 2.42. The zero-order valence-electron chi connectivity index (χ0n) is 12.1. The molecule has 1 nitrogen and oxygen atoms in total. The van der Waals surface area contributed by atoms with E-state index in [9.17, 15) is 4.79 Å². The fourth-order valence-corrected chi connectivity index (χ4v) is 5.30. The van der Waals surface area contributed by atoms with Crippen LogP contribution in [0.2, 0.25) is 0 Å². The van der Waals surface area contributed by atoms with E-state index >= 15 is 0 Å². The van der Waals surface area contributed by atoms with Gasteiger partial charge in [-0.25, -0.2) is 0 Å². The number of Topliss-reactive ketones (excluding diaryl/α,β-unsaturated/α-hetero) is 1. The fraction of sp³-hybridized carbons (Fsp3) is 0.824. The second kappa shape index (κ2) is 8.14. The first-order valence-electron chi connectivity index (χ1n) is 8.08. The summed E-state index contributed by atoms with van der Waals surface area (Å²) in [6.45, 7) is 3.74. The molecule has 2 saturated heterocycles. The van der Waals surface area contributed by atoms with E-state index in [4.69, 9.17) is 0 Å². The number of ketones is 1. The summed E-state index contributed by atoms with van der Waals surface area (Å²) in [4.78, 5) is 12.3. The molecular weight excluding hydrogens is 252 g/mol. The quantitative estimate of drug-likeness (QED) is 0.452. The summed E-state index contributed by atoms with van der Waals surface area (Å²) < 4.78 is 0. The van der Waals surface area contributed by atoms with Crippen molar-refractivity contribution in [2.75, 3.05) is 0 Å². The Morgan fingerprint density at radius 3 is 2.47 bits per heavy atom. The van der Waals surface area contributed by atoms with Crippen molar-refractivity contribution < 1.29 is 4.79 Å². The van der Waals surface area contributed by atoms with Gasteiger partial charge in [-0.1, -0.05) is 25.3 Å². The second-order valence-electron chi connectivity index (χ2n) is 6.19. The highest BCUT2D eigenvalue weighted by Crippen LogP contribution is 2.44. The van der Waals surface area contributed by atoms with Crippen molar-refractivity contribution in [2.45, 2.75) is 81.1 Å². The van der Waals surface area contributed by atoms with Crippen LogP contribution < -0.4 is 0 Å². The van der Waals surface area contributed by atoms with Crippen molar-refractivity contribution in [1.82, 2.24) is 0 Å². The number of hydrogen-bond donors (Lipinski definition) is 0. The Morgan fingerprint density at radius 2 is 1.79 bits per heavy atom. The first-order valence-corrected chi connectivity index (χ1v) is 9.03. The van der Waals surface area contributed by atoms with Gasteiger partial charge >= 0.3 is 0 Å². The minimum absolute atomic E-state index is 0.407. The first kappa shape index (κ1) is 15.2. The number of thioether (sulfide) groups is 1. The van der Waals surface area contributed by atoms with E-state index in [-0.39, 0.29) is 0 Å². The molecule has 2 rings (SSSR count). The Morgan fingerprint density at radius 1 is 1.11 bits per heavy atom. The smallest absolute Gasteiger partial charge is 0.136 e. The number of carbonyl (C=O) groups excluding carboxylic acids is 1. The van der Waals surface area contributed by atoms with Gasteiger partial charge < -0.3 is 0 Å². The Kier molecular flexibility index (Phi) is 6.49. The molecule has 2 atom stereocenters. The third-order valence-electron chi connectivity index (χ3n) is 4.57. The molecule has 19 heavy (non-hydrogen) atoms. The molecule has 2 aliphatic rings. The number of fused-ring (bicyclic) bond motifs is 2. The van der Waals surface area contributed by atoms with Crippen molar-refractivity contribution in [3.05, 3.63) is 12.7 Å². The summed E-state index contributed by atoms with van der Waals surface area (Å²) in [6.07, 6.45) is 15.2.